The Morgan fingerprint density at radius 3 is 2.88 bits per heavy atom. The molecule has 0 bridgehead atoms. The minimum absolute atomic E-state index is 0.440. The van der Waals surface area contributed by atoms with Crippen LogP contribution in [0, 0.1) is 0 Å². The van der Waals surface area contributed by atoms with E-state index < -0.39 is 0 Å². The molecule has 25 heavy (non-hydrogen) atoms. The highest BCUT2D eigenvalue weighted by atomic mass is 15.4. The fourth-order valence-electron chi connectivity index (χ4n) is 3.37. The Morgan fingerprint density at radius 1 is 1.12 bits per heavy atom. The highest BCUT2D eigenvalue weighted by Gasteiger charge is 2.25. The summed E-state index contributed by atoms with van der Waals surface area (Å²) >= 11 is 0. The number of benzene rings is 1. The number of nitrogens with zero attached hydrogens (tertiary/aromatic N) is 6. The molecule has 1 N–H and O–H groups in total. The lowest BCUT2D eigenvalue weighted by atomic mass is 10.0. The molecule has 0 saturated carbocycles. The molecule has 130 valence electrons. The number of rotatable bonds is 5. The van der Waals surface area contributed by atoms with Crippen LogP contribution in [0.3, 0.4) is 0 Å². The maximum atomic E-state index is 4.46. The van der Waals surface area contributed by atoms with Crippen molar-refractivity contribution in [2.75, 3.05) is 45.1 Å². The second-order valence-corrected chi connectivity index (χ2v) is 6.50. The number of anilines is 1. The molecule has 3 heterocycles. The number of piperazine rings is 1. The van der Waals surface area contributed by atoms with E-state index in [1.54, 1.807) is 10.8 Å². The lowest BCUT2D eigenvalue weighted by Crippen LogP contribution is -2.48. The van der Waals surface area contributed by atoms with Gasteiger partial charge in [0.05, 0.1) is 0 Å². The van der Waals surface area contributed by atoms with Crippen molar-refractivity contribution in [2.45, 2.75) is 6.04 Å². The average Bonchev–Trinajstić information content (AvgIpc) is 3.11. The Morgan fingerprint density at radius 2 is 2.00 bits per heavy atom. The van der Waals surface area contributed by atoms with Gasteiger partial charge in [-0.2, -0.15) is 4.52 Å². The molecular weight excluding hydrogens is 314 g/mol. The first-order valence-corrected chi connectivity index (χ1v) is 8.68. The summed E-state index contributed by atoms with van der Waals surface area (Å²) in [6.07, 6.45) is 1.62. The molecule has 1 aliphatic heterocycles. The molecule has 1 atom stereocenters. The summed E-state index contributed by atoms with van der Waals surface area (Å²) in [4.78, 5) is 4.96. The van der Waals surface area contributed by atoms with E-state index in [2.05, 4.69) is 67.8 Å². The van der Waals surface area contributed by atoms with Gasteiger partial charge in [0.25, 0.3) is 0 Å². The van der Waals surface area contributed by atoms with Crippen molar-refractivity contribution in [1.29, 1.82) is 0 Å². The lowest BCUT2D eigenvalue weighted by molar-refractivity contribution is 0.0937. The van der Waals surface area contributed by atoms with Gasteiger partial charge in [-0.05, 0) is 24.7 Å². The van der Waals surface area contributed by atoms with E-state index in [1.165, 1.54) is 5.56 Å². The SMILES string of the molecule is CN1CCN(CCNc2ccc3nncn3n2)C(c2ccccc2)C1. The van der Waals surface area contributed by atoms with Crippen LogP contribution in [-0.4, -0.2) is 69.4 Å². The molecule has 0 amide bonds. The first-order valence-electron chi connectivity index (χ1n) is 8.68. The van der Waals surface area contributed by atoms with Crippen molar-refractivity contribution in [1.82, 2.24) is 29.6 Å². The normalized spacial score (nSPS) is 19.3. The van der Waals surface area contributed by atoms with Crippen LogP contribution < -0.4 is 5.32 Å². The summed E-state index contributed by atoms with van der Waals surface area (Å²) in [6.45, 7) is 5.09. The zero-order chi connectivity index (χ0) is 17.1. The van der Waals surface area contributed by atoms with Crippen LogP contribution in [-0.2, 0) is 0 Å². The summed E-state index contributed by atoms with van der Waals surface area (Å²) in [5, 5.41) is 15.7. The van der Waals surface area contributed by atoms with E-state index in [0.717, 1.165) is 44.2 Å². The van der Waals surface area contributed by atoms with Crippen LogP contribution in [0.15, 0.2) is 48.8 Å². The van der Waals surface area contributed by atoms with Crippen molar-refractivity contribution in [2.24, 2.45) is 0 Å². The van der Waals surface area contributed by atoms with E-state index >= 15 is 0 Å². The van der Waals surface area contributed by atoms with E-state index in [1.807, 2.05) is 12.1 Å². The van der Waals surface area contributed by atoms with Crippen LogP contribution in [0.2, 0.25) is 0 Å². The third-order valence-electron chi connectivity index (χ3n) is 4.75. The van der Waals surface area contributed by atoms with Crippen LogP contribution in [0.5, 0.6) is 0 Å². The van der Waals surface area contributed by atoms with Crippen LogP contribution in [0.25, 0.3) is 5.65 Å². The molecule has 1 saturated heterocycles. The molecule has 0 aliphatic carbocycles. The fourth-order valence-corrected chi connectivity index (χ4v) is 3.37. The molecular formula is C18H23N7. The van der Waals surface area contributed by atoms with E-state index in [0.29, 0.717) is 6.04 Å². The van der Waals surface area contributed by atoms with Gasteiger partial charge < -0.3 is 10.2 Å². The molecule has 1 fully saturated rings. The molecule has 1 aromatic carbocycles. The topological polar surface area (TPSA) is 61.6 Å². The van der Waals surface area contributed by atoms with Crippen molar-refractivity contribution in [3.63, 3.8) is 0 Å². The number of hydrogen-bond acceptors (Lipinski definition) is 6. The number of nitrogens with one attached hydrogen (secondary N) is 1. The third-order valence-corrected chi connectivity index (χ3v) is 4.75. The monoisotopic (exact) mass is 337 g/mol. The van der Waals surface area contributed by atoms with Gasteiger partial charge >= 0.3 is 0 Å². The standard InChI is InChI=1S/C18H23N7/c1-23-11-12-24(16(13-23)15-5-3-2-4-6-15)10-9-19-17-7-8-18-21-20-14-25(18)22-17/h2-8,14,16H,9-13H2,1H3,(H,19,22). The van der Waals surface area contributed by atoms with Gasteiger partial charge in [0, 0.05) is 38.8 Å². The molecule has 1 aliphatic rings. The highest BCUT2D eigenvalue weighted by molar-refractivity contribution is 5.42. The van der Waals surface area contributed by atoms with E-state index in [4.69, 9.17) is 0 Å². The predicted molar refractivity (Wildman–Crippen MR) is 97.5 cm³/mol. The summed E-state index contributed by atoms with van der Waals surface area (Å²) < 4.78 is 1.69. The van der Waals surface area contributed by atoms with Gasteiger partial charge in [-0.3, -0.25) is 4.90 Å². The smallest absolute Gasteiger partial charge is 0.177 e. The van der Waals surface area contributed by atoms with Gasteiger partial charge in [0.15, 0.2) is 5.65 Å². The molecule has 0 spiro atoms. The summed E-state index contributed by atoms with van der Waals surface area (Å²) in [7, 11) is 2.20. The Balaban J connectivity index is 1.40. The Hall–Kier alpha value is -2.51. The zero-order valence-corrected chi connectivity index (χ0v) is 14.4. The van der Waals surface area contributed by atoms with Gasteiger partial charge in [-0.1, -0.05) is 30.3 Å². The fraction of sp³-hybridized carbons (Fsp3) is 0.389. The van der Waals surface area contributed by atoms with Crippen molar-refractivity contribution < 1.29 is 0 Å². The van der Waals surface area contributed by atoms with Crippen LogP contribution in [0.4, 0.5) is 5.82 Å². The Labute approximate surface area is 147 Å². The van der Waals surface area contributed by atoms with E-state index in [9.17, 15) is 0 Å². The van der Waals surface area contributed by atoms with Crippen molar-refractivity contribution >= 4 is 11.5 Å². The van der Waals surface area contributed by atoms with Crippen molar-refractivity contribution in [3.8, 4) is 0 Å². The van der Waals surface area contributed by atoms with Gasteiger partial charge in [-0.25, -0.2) is 0 Å². The summed E-state index contributed by atoms with van der Waals surface area (Å²) in [6, 6.07) is 15.1. The molecule has 4 rings (SSSR count). The minimum atomic E-state index is 0.440. The first kappa shape index (κ1) is 16.0. The van der Waals surface area contributed by atoms with E-state index in [-0.39, 0.29) is 0 Å². The number of fused-ring (bicyclic) bond motifs is 1. The average molecular weight is 337 g/mol. The van der Waals surface area contributed by atoms with Gasteiger partial charge in [0.1, 0.15) is 12.1 Å². The minimum Gasteiger partial charge on any atom is -0.367 e. The van der Waals surface area contributed by atoms with Crippen molar-refractivity contribution in [3.05, 3.63) is 54.4 Å². The molecule has 3 aromatic rings. The van der Waals surface area contributed by atoms with Gasteiger partial charge in [0.2, 0.25) is 0 Å². The quantitative estimate of drug-likeness (QED) is 0.762. The summed E-state index contributed by atoms with van der Waals surface area (Å²) in [5.74, 6) is 0.845. The lowest BCUT2D eigenvalue weighted by Gasteiger charge is -2.40. The molecule has 2 aromatic heterocycles. The molecule has 1 unspecified atom stereocenters. The molecule has 7 nitrogen and oxygen atoms in total. The second-order valence-electron chi connectivity index (χ2n) is 6.50. The second kappa shape index (κ2) is 7.16. The highest BCUT2D eigenvalue weighted by Crippen LogP contribution is 2.24. The largest absolute Gasteiger partial charge is 0.367 e. The Kier molecular flexibility index (Phi) is 4.58. The van der Waals surface area contributed by atoms with Gasteiger partial charge in [-0.15, -0.1) is 15.3 Å². The van der Waals surface area contributed by atoms with Crippen LogP contribution in [0.1, 0.15) is 11.6 Å². The zero-order valence-electron chi connectivity index (χ0n) is 14.4. The predicted octanol–water partition coefficient (Wildman–Crippen LogP) is 1.52. The number of aromatic nitrogens is 4. The maximum absolute atomic E-state index is 4.46. The van der Waals surface area contributed by atoms with Crippen LogP contribution >= 0.6 is 0 Å². The molecule has 0 radical (unpaired) electrons. The first-order chi connectivity index (χ1) is 12.3. The summed E-state index contributed by atoms with van der Waals surface area (Å²) in [5.41, 5.74) is 2.15. The maximum Gasteiger partial charge on any atom is 0.177 e. The number of hydrogen-bond donors (Lipinski definition) is 1. The Bertz CT molecular complexity index is 816. The molecule has 7 heteroatoms. The number of likely N-dealkylation sites (N-methyl/N-ethyl adjacent to an activating group) is 1. The third kappa shape index (κ3) is 3.62.